The molecule has 1 aromatic rings. The number of nitrogen functional groups attached to an aromatic ring is 1. The Morgan fingerprint density at radius 2 is 2.22 bits per heavy atom. The lowest BCUT2D eigenvalue weighted by atomic mass is 10.2. The van der Waals surface area contributed by atoms with Gasteiger partial charge in [-0.2, -0.15) is 0 Å². The first-order valence-electron chi connectivity index (χ1n) is 5.75. The Morgan fingerprint density at radius 3 is 2.78 bits per heavy atom. The highest BCUT2D eigenvalue weighted by atomic mass is 32.1. The predicted molar refractivity (Wildman–Crippen MR) is 71.9 cm³/mol. The van der Waals surface area contributed by atoms with Crippen LogP contribution in [0.1, 0.15) is 18.9 Å². The molecule has 0 atom stereocenters. The maximum Gasteiger partial charge on any atom is 0.234 e. The van der Waals surface area contributed by atoms with E-state index in [4.69, 9.17) is 5.84 Å². The summed E-state index contributed by atoms with van der Waals surface area (Å²) in [5.41, 5.74) is 2.44. The molecule has 4 N–H and O–H groups in total. The van der Waals surface area contributed by atoms with Crippen LogP contribution in [0.2, 0.25) is 0 Å². The molecular weight excluding hydrogens is 252 g/mol. The summed E-state index contributed by atoms with van der Waals surface area (Å²) in [6.07, 6.45) is 0. The predicted octanol–water partition coefficient (Wildman–Crippen LogP) is 0.0277. The maximum absolute atomic E-state index is 11.6. The highest BCUT2D eigenvalue weighted by Gasteiger charge is 2.10. The smallest absolute Gasteiger partial charge is 0.234 e. The average Bonchev–Trinajstić information content (AvgIpc) is 2.73. The van der Waals surface area contributed by atoms with Gasteiger partial charge in [0, 0.05) is 6.54 Å². The number of aromatic nitrogens is 2. The van der Waals surface area contributed by atoms with Gasteiger partial charge in [0.25, 0.3) is 0 Å². The number of hydrogen-bond acceptors (Lipinski definition) is 7. The number of nitrogens with two attached hydrogens (primary N) is 1. The van der Waals surface area contributed by atoms with Crippen molar-refractivity contribution in [3.8, 4) is 0 Å². The second kappa shape index (κ2) is 7.24. The number of anilines is 1. The van der Waals surface area contributed by atoms with Crippen LogP contribution in [0, 0.1) is 5.92 Å². The fourth-order valence-electron chi connectivity index (χ4n) is 1.28. The minimum Gasteiger partial charge on any atom is -0.355 e. The van der Waals surface area contributed by atoms with Gasteiger partial charge >= 0.3 is 0 Å². The molecule has 0 bridgehead atoms. The third kappa shape index (κ3) is 5.39. The summed E-state index contributed by atoms with van der Waals surface area (Å²) in [6.45, 7) is 5.75. The third-order valence-corrected chi connectivity index (χ3v) is 2.96. The molecule has 1 rings (SSSR count). The normalized spacial score (nSPS) is 11.0. The summed E-state index contributed by atoms with van der Waals surface area (Å²) < 4.78 is 0. The van der Waals surface area contributed by atoms with Crippen molar-refractivity contribution in [2.45, 2.75) is 20.4 Å². The molecule has 1 aromatic heterocycles. The van der Waals surface area contributed by atoms with Crippen molar-refractivity contribution in [2.75, 3.05) is 25.6 Å². The average molecular weight is 272 g/mol. The van der Waals surface area contributed by atoms with Gasteiger partial charge in [0.2, 0.25) is 11.0 Å². The highest BCUT2D eigenvalue weighted by Crippen LogP contribution is 2.14. The molecule has 8 heteroatoms. The number of nitrogens with zero attached hydrogens (tertiary/aromatic N) is 3. The number of hydrazine groups is 1. The first kappa shape index (κ1) is 14.8. The second-order valence-corrected chi connectivity index (χ2v) is 5.58. The summed E-state index contributed by atoms with van der Waals surface area (Å²) >= 11 is 1.37. The Hall–Kier alpha value is -1.25. The lowest BCUT2D eigenvalue weighted by Crippen LogP contribution is -2.36. The van der Waals surface area contributed by atoms with E-state index in [1.54, 1.807) is 0 Å². The van der Waals surface area contributed by atoms with E-state index in [0.717, 1.165) is 5.01 Å². The van der Waals surface area contributed by atoms with Crippen molar-refractivity contribution in [3.05, 3.63) is 5.01 Å². The summed E-state index contributed by atoms with van der Waals surface area (Å²) in [5, 5.41) is 12.1. The molecule has 0 fully saturated rings. The van der Waals surface area contributed by atoms with Crippen LogP contribution in [0.5, 0.6) is 0 Å². The van der Waals surface area contributed by atoms with Crippen molar-refractivity contribution in [3.63, 3.8) is 0 Å². The Balaban J connectivity index is 2.32. The van der Waals surface area contributed by atoms with Crippen LogP contribution in [0.15, 0.2) is 0 Å². The van der Waals surface area contributed by atoms with Crippen molar-refractivity contribution in [1.29, 1.82) is 0 Å². The van der Waals surface area contributed by atoms with E-state index in [1.807, 2.05) is 11.9 Å². The van der Waals surface area contributed by atoms with Gasteiger partial charge in [-0.3, -0.25) is 15.1 Å². The van der Waals surface area contributed by atoms with E-state index < -0.39 is 0 Å². The number of carbonyl (C=O) groups is 1. The minimum absolute atomic E-state index is 0.0212. The SMILES string of the molecule is CC(C)CNC(=O)CN(C)Cc1nnc(NN)s1. The molecule has 0 saturated carbocycles. The number of amides is 1. The molecule has 102 valence electrons. The standard InChI is InChI=1S/C10H20N6OS/c1-7(2)4-12-8(17)5-16(3)6-9-14-15-10(13-11)18-9/h7H,4-6,11H2,1-3H3,(H,12,17)(H,13,15). The van der Waals surface area contributed by atoms with Gasteiger partial charge in [0.05, 0.1) is 13.1 Å². The fraction of sp³-hybridized carbons (Fsp3) is 0.700. The zero-order chi connectivity index (χ0) is 13.5. The van der Waals surface area contributed by atoms with Gasteiger partial charge in [-0.15, -0.1) is 10.2 Å². The van der Waals surface area contributed by atoms with Gasteiger partial charge in [-0.25, -0.2) is 5.84 Å². The molecule has 0 aliphatic carbocycles. The Kier molecular flexibility index (Phi) is 5.96. The number of nitrogens with one attached hydrogen (secondary N) is 2. The number of likely N-dealkylation sites (N-methyl/N-ethyl adjacent to an activating group) is 1. The van der Waals surface area contributed by atoms with E-state index >= 15 is 0 Å². The Morgan fingerprint density at radius 1 is 1.50 bits per heavy atom. The molecule has 0 aliphatic rings. The molecule has 0 aliphatic heterocycles. The zero-order valence-electron chi connectivity index (χ0n) is 10.9. The molecule has 7 nitrogen and oxygen atoms in total. The Labute approximate surface area is 111 Å². The van der Waals surface area contributed by atoms with Gasteiger partial charge in [0.15, 0.2) is 0 Å². The molecule has 1 heterocycles. The lowest BCUT2D eigenvalue weighted by molar-refractivity contribution is -0.122. The van der Waals surface area contributed by atoms with E-state index in [-0.39, 0.29) is 5.91 Å². The molecule has 0 unspecified atom stereocenters. The van der Waals surface area contributed by atoms with Crippen LogP contribution in [0.25, 0.3) is 0 Å². The van der Waals surface area contributed by atoms with Crippen LogP contribution in [0.4, 0.5) is 5.13 Å². The summed E-state index contributed by atoms with van der Waals surface area (Å²) in [4.78, 5) is 13.5. The van der Waals surface area contributed by atoms with E-state index in [1.165, 1.54) is 11.3 Å². The number of hydrogen-bond donors (Lipinski definition) is 3. The molecule has 0 saturated heterocycles. The summed E-state index contributed by atoms with van der Waals surface area (Å²) in [6, 6.07) is 0. The second-order valence-electron chi connectivity index (χ2n) is 4.52. The van der Waals surface area contributed by atoms with Crippen molar-refractivity contribution >= 4 is 22.4 Å². The topological polar surface area (TPSA) is 96.2 Å². The minimum atomic E-state index is 0.0212. The monoisotopic (exact) mass is 272 g/mol. The summed E-state index contributed by atoms with van der Waals surface area (Å²) in [5.74, 6) is 5.70. The molecule has 0 spiro atoms. The van der Waals surface area contributed by atoms with Crippen LogP contribution >= 0.6 is 11.3 Å². The van der Waals surface area contributed by atoms with Gasteiger partial charge in [0.1, 0.15) is 5.01 Å². The fourth-order valence-corrected chi connectivity index (χ4v) is 2.01. The first-order chi connectivity index (χ1) is 8.51. The lowest BCUT2D eigenvalue weighted by Gasteiger charge is -2.15. The first-order valence-corrected chi connectivity index (χ1v) is 6.57. The molecule has 0 aromatic carbocycles. The molecule has 1 amide bonds. The van der Waals surface area contributed by atoms with Crippen LogP contribution in [-0.4, -0.2) is 41.1 Å². The van der Waals surface area contributed by atoms with Crippen LogP contribution in [-0.2, 0) is 11.3 Å². The zero-order valence-corrected chi connectivity index (χ0v) is 11.8. The van der Waals surface area contributed by atoms with Gasteiger partial charge in [-0.1, -0.05) is 25.2 Å². The third-order valence-electron chi connectivity index (χ3n) is 2.12. The van der Waals surface area contributed by atoms with Crippen LogP contribution < -0.4 is 16.6 Å². The highest BCUT2D eigenvalue weighted by molar-refractivity contribution is 7.15. The quantitative estimate of drug-likeness (QED) is 0.478. The summed E-state index contributed by atoms with van der Waals surface area (Å²) in [7, 11) is 1.87. The van der Waals surface area contributed by atoms with Crippen molar-refractivity contribution in [2.24, 2.45) is 11.8 Å². The number of carbonyl (C=O) groups excluding carboxylic acids is 1. The van der Waals surface area contributed by atoms with E-state index in [2.05, 4.69) is 34.8 Å². The Bertz CT molecular complexity index is 380. The van der Waals surface area contributed by atoms with Gasteiger partial charge < -0.3 is 5.32 Å². The number of rotatable bonds is 7. The molecular formula is C10H20N6OS. The largest absolute Gasteiger partial charge is 0.355 e. The van der Waals surface area contributed by atoms with Gasteiger partial charge in [-0.05, 0) is 13.0 Å². The van der Waals surface area contributed by atoms with E-state index in [0.29, 0.717) is 30.7 Å². The molecule has 18 heavy (non-hydrogen) atoms. The van der Waals surface area contributed by atoms with Crippen molar-refractivity contribution < 1.29 is 4.79 Å². The van der Waals surface area contributed by atoms with Crippen molar-refractivity contribution in [1.82, 2.24) is 20.4 Å². The molecule has 0 radical (unpaired) electrons. The van der Waals surface area contributed by atoms with Crippen LogP contribution in [0.3, 0.4) is 0 Å². The van der Waals surface area contributed by atoms with E-state index in [9.17, 15) is 4.79 Å². The maximum atomic E-state index is 11.6.